The van der Waals surface area contributed by atoms with Crippen LogP contribution in [-0.2, 0) is 0 Å². The summed E-state index contributed by atoms with van der Waals surface area (Å²) in [6, 6.07) is 3.38. The quantitative estimate of drug-likeness (QED) is 0.881. The minimum absolute atomic E-state index is 0.0498. The number of pyridine rings is 1. The Kier molecular flexibility index (Phi) is 3.27. The van der Waals surface area contributed by atoms with Gasteiger partial charge < -0.3 is 14.7 Å². The van der Waals surface area contributed by atoms with E-state index in [9.17, 15) is 4.79 Å². The Morgan fingerprint density at radius 3 is 2.74 bits per heavy atom. The molecule has 0 bridgehead atoms. The number of nitrogens with zero attached hydrogens (tertiary/aromatic N) is 2. The first-order chi connectivity index (χ1) is 9.24. The van der Waals surface area contributed by atoms with E-state index in [0.717, 1.165) is 18.8 Å². The first-order valence-electron chi connectivity index (χ1n) is 6.86. The molecule has 1 saturated carbocycles. The highest BCUT2D eigenvalue weighted by molar-refractivity contribution is 5.86. The van der Waals surface area contributed by atoms with Crippen molar-refractivity contribution in [3.05, 3.63) is 17.8 Å². The zero-order valence-corrected chi connectivity index (χ0v) is 10.8. The summed E-state index contributed by atoms with van der Waals surface area (Å²) in [5.41, 5.74) is 0.983. The van der Waals surface area contributed by atoms with Crippen LogP contribution < -0.4 is 9.64 Å². The lowest BCUT2D eigenvalue weighted by Gasteiger charge is -2.20. The third-order valence-corrected chi connectivity index (χ3v) is 3.66. The Hall–Kier alpha value is -1.78. The molecule has 0 radical (unpaired) electrons. The van der Waals surface area contributed by atoms with Crippen molar-refractivity contribution in [3.8, 4) is 5.88 Å². The molecular formula is C14H18N2O3. The van der Waals surface area contributed by atoms with Crippen molar-refractivity contribution < 1.29 is 14.6 Å². The summed E-state index contributed by atoms with van der Waals surface area (Å²) in [6.45, 7) is 2.64. The molecule has 5 heteroatoms. The molecule has 0 spiro atoms. The van der Waals surface area contributed by atoms with Gasteiger partial charge in [-0.05, 0) is 43.7 Å². The summed E-state index contributed by atoms with van der Waals surface area (Å²) in [4.78, 5) is 17.4. The molecule has 5 nitrogen and oxygen atoms in total. The normalized spacial score (nSPS) is 18.6. The standard InChI is InChI=1S/C14H18N2O3/c17-14(18)11-5-6-12(16-7-1-2-8-16)13(15-11)19-9-10-3-4-10/h5-6,10H,1-4,7-9H2,(H,17,18). The molecule has 2 heterocycles. The predicted molar refractivity (Wildman–Crippen MR) is 70.9 cm³/mol. The van der Waals surface area contributed by atoms with Crippen molar-refractivity contribution in [1.82, 2.24) is 4.98 Å². The second-order valence-electron chi connectivity index (χ2n) is 5.27. The van der Waals surface area contributed by atoms with E-state index in [1.54, 1.807) is 6.07 Å². The number of carboxylic acid groups (broad SMARTS) is 1. The van der Waals surface area contributed by atoms with Gasteiger partial charge >= 0.3 is 5.97 Å². The molecule has 3 rings (SSSR count). The average molecular weight is 262 g/mol. The van der Waals surface area contributed by atoms with Crippen LogP contribution >= 0.6 is 0 Å². The molecular weight excluding hydrogens is 244 g/mol. The van der Waals surface area contributed by atoms with Crippen LogP contribution in [0.15, 0.2) is 12.1 Å². The second kappa shape index (κ2) is 5.07. The molecule has 102 valence electrons. The summed E-state index contributed by atoms with van der Waals surface area (Å²) < 4.78 is 5.75. The van der Waals surface area contributed by atoms with E-state index in [0.29, 0.717) is 18.4 Å². The minimum Gasteiger partial charge on any atom is -0.477 e. The van der Waals surface area contributed by atoms with Crippen LogP contribution in [0.2, 0.25) is 0 Å². The van der Waals surface area contributed by atoms with E-state index in [1.165, 1.54) is 25.7 Å². The van der Waals surface area contributed by atoms with Crippen LogP contribution in [0.4, 0.5) is 5.69 Å². The lowest BCUT2D eigenvalue weighted by Crippen LogP contribution is -2.20. The Labute approximate surface area is 112 Å². The number of carboxylic acids is 1. The van der Waals surface area contributed by atoms with Crippen molar-refractivity contribution in [2.45, 2.75) is 25.7 Å². The summed E-state index contributed by atoms with van der Waals surface area (Å²) in [5.74, 6) is 0.0969. The predicted octanol–water partition coefficient (Wildman–Crippen LogP) is 2.17. The van der Waals surface area contributed by atoms with E-state index in [-0.39, 0.29) is 5.69 Å². The number of aromatic nitrogens is 1. The third-order valence-electron chi connectivity index (χ3n) is 3.66. The topological polar surface area (TPSA) is 62.7 Å². The van der Waals surface area contributed by atoms with Crippen LogP contribution in [0.5, 0.6) is 5.88 Å². The van der Waals surface area contributed by atoms with Gasteiger partial charge in [0.2, 0.25) is 5.88 Å². The van der Waals surface area contributed by atoms with E-state index in [1.807, 2.05) is 6.07 Å². The van der Waals surface area contributed by atoms with Crippen LogP contribution in [0.1, 0.15) is 36.2 Å². The Bertz CT molecular complexity index is 480. The van der Waals surface area contributed by atoms with Gasteiger partial charge in [0.25, 0.3) is 0 Å². The summed E-state index contributed by atoms with van der Waals surface area (Å²) >= 11 is 0. The monoisotopic (exact) mass is 262 g/mol. The zero-order chi connectivity index (χ0) is 13.2. The van der Waals surface area contributed by atoms with Crippen LogP contribution in [0, 0.1) is 5.92 Å². The van der Waals surface area contributed by atoms with Gasteiger partial charge in [0.15, 0.2) is 5.69 Å². The van der Waals surface area contributed by atoms with Gasteiger partial charge in [-0.1, -0.05) is 0 Å². The molecule has 1 aromatic rings. The molecule has 2 fully saturated rings. The highest BCUT2D eigenvalue weighted by Gasteiger charge is 2.24. The molecule has 0 unspecified atom stereocenters. The van der Waals surface area contributed by atoms with Crippen molar-refractivity contribution in [2.24, 2.45) is 5.92 Å². The molecule has 1 N–H and O–H groups in total. The smallest absolute Gasteiger partial charge is 0.354 e. The van der Waals surface area contributed by atoms with Gasteiger partial charge in [-0.3, -0.25) is 0 Å². The van der Waals surface area contributed by atoms with Crippen LogP contribution in [0.25, 0.3) is 0 Å². The van der Waals surface area contributed by atoms with Gasteiger partial charge in [-0.25, -0.2) is 9.78 Å². The number of carbonyl (C=O) groups is 1. The Morgan fingerprint density at radius 1 is 1.37 bits per heavy atom. The molecule has 1 aliphatic carbocycles. The van der Waals surface area contributed by atoms with Gasteiger partial charge in [-0.2, -0.15) is 0 Å². The highest BCUT2D eigenvalue weighted by atomic mass is 16.5. The number of ether oxygens (including phenoxy) is 1. The first-order valence-corrected chi connectivity index (χ1v) is 6.86. The molecule has 1 aliphatic heterocycles. The van der Waals surface area contributed by atoms with Gasteiger partial charge in [-0.15, -0.1) is 0 Å². The van der Waals surface area contributed by atoms with Crippen LogP contribution in [-0.4, -0.2) is 35.8 Å². The fourth-order valence-corrected chi connectivity index (χ4v) is 2.34. The summed E-state index contributed by atoms with van der Waals surface area (Å²) in [7, 11) is 0. The fraction of sp³-hybridized carbons (Fsp3) is 0.571. The third kappa shape index (κ3) is 2.80. The molecule has 1 saturated heterocycles. The molecule has 0 amide bonds. The number of aromatic carboxylic acids is 1. The van der Waals surface area contributed by atoms with E-state index in [4.69, 9.17) is 9.84 Å². The molecule has 1 aromatic heterocycles. The SMILES string of the molecule is O=C(O)c1ccc(N2CCCC2)c(OCC2CC2)n1. The summed E-state index contributed by atoms with van der Waals surface area (Å²) in [5, 5.41) is 9.02. The fourth-order valence-electron chi connectivity index (χ4n) is 2.34. The number of rotatable bonds is 5. The molecule has 19 heavy (non-hydrogen) atoms. The van der Waals surface area contributed by atoms with Crippen molar-refractivity contribution in [2.75, 3.05) is 24.6 Å². The Morgan fingerprint density at radius 2 is 2.11 bits per heavy atom. The van der Waals surface area contributed by atoms with Gasteiger partial charge in [0, 0.05) is 13.1 Å². The van der Waals surface area contributed by atoms with Gasteiger partial charge in [0.05, 0.1) is 12.3 Å². The summed E-state index contributed by atoms with van der Waals surface area (Å²) in [6.07, 6.45) is 4.75. The van der Waals surface area contributed by atoms with E-state index < -0.39 is 5.97 Å². The molecule has 0 atom stereocenters. The number of hydrogen-bond acceptors (Lipinski definition) is 4. The van der Waals surface area contributed by atoms with Gasteiger partial charge in [0.1, 0.15) is 0 Å². The molecule has 0 aromatic carbocycles. The van der Waals surface area contributed by atoms with Crippen molar-refractivity contribution in [1.29, 1.82) is 0 Å². The van der Waals surface area contributed by atoms with Crippen molar-refractivity contribution >= 4 is 11.7 Å². The second-order valence-corrected chi connectivity index (χ2v) is 5.27. The minimum atomic E-state index is -1.01. The Balaban J connectivity index is 1.84. The van der Waals surface area contributed by atoms with E-state index in [2.05, 4.69) is 9.88 Å². The number of anilines is 1. The maximum absolute atomic E-state index is 11.0. The van der Waals surface area contributed by atoms with E-state index >= 15 is 0 Å². The molecule has 2 aliphatic rings. The lowest BCUT2D eigenvalue weighted by molar-refractivity contribution is 0.0689. The van der Waals surface area contributed by atoms with Crippen molar-refractivity contribution in [3.63, 3.8) is 0 Å². The number of hydrogen-bond donors (Lipinski definition) is 1. The first kappa shape index (κ1) is 12.3. The van der Waals surface area contributed by atoms with Crippen LogP contribution in [0.3, 0.4) is 0 Å². The highest BCUT2D eigenvalue weighted by Crippen LogP contribution is 2.33. The zero-order valence-electron chi connectivity index (χ0n) is 10.8. The lowest BCUT2D eigenvalue weighted by atomic mass is 10.3. The average Bonchev–Trinajstić information content (AvgIpc) is 3.08. The maximum atomic E-state index is 11.0. The maximum Gasteiger partial charge on any atom is 0.354 e. The largest absolute Gasteiger partial charge is 0.477 e.